The van der Waals surface area contributed by atoms with E-state index in [0.29, 0.717) is 6.61 Å². The third kappa shape index (κ3) is 9.62. The van der Waals surface area contributed by atoms with Gasteiger partial charge in [-0.1, -0.05) is 89.8 Å². The Morgan fingerprint density at radius 1 is 1.03 bits per heavy atom. The zero-order valence-electron chi connectivity index (χ0n) is 17.9. The summed E-state index contributed by atoms with van der Waals surface area (Å²) in [6.45, 7) is 6.16. The molecule has 6 heteroatoms. The van der Waals surface area contributed by atoms with Crippen molar-refractivity contribution in [3.05, 3.63) is 34.6 Å². The average Bonchev–Trinajstić information content (AvgIpc) is 2.69. The number of carbonyl (C=O) groups is 2. The van der Waals surface area contributed by atoms with Crippen LogP contribution in [0, 0.1) is 11.7 Å². The molecule has 0 aliphatic carbocycles. The lowest BCUT2D eigenvalue weighted by atomic mass is 10.0. The molecule has 0 fully saturated rings. The lowest BCUT2D eigenvalue weighted by Gasteiger charge is -2.21. The molecule has 1 rings (SSSR count). The first-order valence-corrected chi connectivity index (χ1v) is 11.2. The molecule has 1 unspecified atom stereocenters. The Labute approximate surface area is 179 Å². The summed E-state index contributed by atoms with van der Waals surface area (Å²) in [5.41, 5.74) is -0.185. The number of amides is 1. The quantitative estimate of drug-likeness (QED) is 0.279. The van der Waals surface area contributed by atoms with Crippen molar-refractivity contribution < 1.29 is 18.7 Å². The molecule has 0 spiro atoms. The van der Waals surface area contributed by atoms with Gasteiger partial charge in [0.25, 0.3) is 5.91 Å². The van der Waals surface area contributed by atoms with Crippen LogP contribution in [0.25, 0.3) is 0 Å². The molecule has 1 N–H and O–H groups in total. The predicted octanol–water partition coefficient (Wildman–Crippen LogP) is 6.31. The monoisotopic (exact) mass is 427 g/mol. The number of benzene rings is 1. The minimum Gasteiger partial charge on any atom is -0.464 e. The molecule has 164 valence electrons. The second-order valence-electron chi connectivity index (χ2n) is 7.79. The number of nitrogens with one attached hydrogen (secondary N) is 1. The first-order valence-electron chi connectivity index (χ1n) is 10.8. The standard InChI is InChI=1S/C23H35ClFNO3/c1-4-5-6-7-8-9-10-11-12-16-29-23(28)21(17(2)3)26-22(27)18-14-13-15-19(24)20(18)25/h13-15,17,21H,4-12,16H2,1-3H3,(H,26,27). The van der Waals surface area contributed by atoms with E-state index in [0.717, 1.165) is 19.3 Å². The van der Waals surface area contributed by atoms with Crippen LogP contribution in [0.1, 0.15) is 88.9 Å². The van der Waals surface area contributed by atoms with Gasteiger partial charge < -0.3 is 10.1 Å². The molecule has 1 aromatic carbocycles. The largest absolute Gasteiger partial charge is 0.464 e. The van der Waals surface area contributed by atoms with Gasteiger partial charge in [-0.15, -0.1) is 0 Å². The van der Waals surface area contributed by atoms with E-state index in [-0.39, 0.29) is 16.5 Å². The Morgan fingerprint density at radius 3 is 2.21 bits per heavy atom. The molecule has 1 aromatic rings. The second kappa shape index (κ2) is 14.4. The van der Waals surface area contributed by atoms with Gasteiger partial charge in [0.15, 0.2) is 5.82 Å². The Balaban J connectivity index is 2.35. The van der Waals surface area contributed by atoms with Crippen molar-refractivity contribution in [2.24, 2.45) is 5.92 Å². The first-order chi connectivity index (χ1) is 13.9. The molecule has 1 atom stereocenters. The Morgan fingerprint density at radius 2 is 1.62 bits per heavy atom. The maximum Gasteiger partial charge on any atom is 0.328 e. The van der Waals surface area contributed by atoms with Crippen LogP contribution in [0.3, 0.4) is 0 Å². The van der Waals surface area contributed by atoms with Crippen LogP contribution in [-0.2, 0) is 9.53 Å². The third-order valence-electron chi connectivity index (χ3n) is 4.90. The van der Waals surface area contributed by atoms with Crippen molar-refractivity contribution in [3.8, 4) is 0 Å². The number of esters is 1. The van der Waals surface area contributed by atoms with E-state index in [4.69, 9.17) is 16.3 Å². The van der Waals surface area contributed by atoms with Crippen LogP contribution < -0.4 is 5.32 Å². The van der Waals surface area contributed by atoms with Crippen LogP contribution in [0.15, 0.2) is 18.2 Å². The number of carbonyl (C=O) groups excluding carboxylic acids is 2. The van der Waals surface area contributed by atoms with Gasteiger partial charge in [-0.2, -0.15) is 0 Å². The lowest BCUT2D eigenvalue weighted by molar-refractivity contribution is -0.147. The molecule has 0 saturated heterocycles. The van der Waals surface area contributed by atoms with E-state index in [1.54, 1.807) is 13.8 Å². The minimum atomic E-state index is -0.834. The molecule has 0 aromatic heterocycles. The molecule has 0 heterocycles. The molecule has 0 aliphatic heterocycles. The smallest absolute Gasteiger partial charge is 0.328 e. The SMILES string of the molecule is CCCCCCCCCCCOC(=O)C(NC(=O)c1cccc(Cl)c1F)C(C)C. The molecular formula is C23H35ClFNO3. The first kappa shape index (κ1) is 25.4. The topological polar surface area (TPSA) is 55.4 Å². The number of unbranched alkanes of at least 4 members (excludes halogenated alkanes) is 8. The summed E-state index contributed by atoms with van der Waals surface area (Å²) < 4.78 is 19.4. The fourth-order valence-electron chi connectivity index (χ4n) is 3.07. The molecule has 1 amide bonds. The van der Waals surface area contributed by atoms with E-state index < -0.39 is 23.7 Å². The van der Waals surface area contributed by atoms with Crippen molar-refractivity contribution >= 4 is 23.5 Å². The van der Waals surface area contributed by atoms with E-state index in [9.17, 15) is 14.0 Å². The maximum absolute atomic E-state index is 14.0. The van der Waals surface area contributed by atoms with Gasteiger partial charge in [0.05, 0.1) is 17.2 Å². The summed E-state index contributed by atoms with van der Waals surface area (Å²) in [7, 11) is 0. The van der Waals surface area contributed by atoms with Gasteiger partial charge in [-0.3, -0.25) is 4.79 Å². The summed E-state index contributed by atoms with van der Waals surface area (Å²) in [5, 5.41) is 2.44. The van der Waals surface area contributed by atoms with Gasteiger partial charge in [-0.05, 0) is 24.5 Å². The van der Waals surface area contributed by atoms with Crippen LogP contribution in [0.4, 0.5) is 4.39 Å². The van der Waals surface area contributed by atoms with Gasteiger partial charge in [0.1, 0.15) is 6.04 Å². The van der Waals surface area contributed by atoms with Gasteiger partial charge in [0, 0.05) is 0 Å². The molecule has 4 nitrogen and oxygen atoms in total. The number of halogens is 2. The van der Waals surface area contributed by atoms with Crippen molar-refractivity contribution in [2.45, 2.75) is 84.6 Å². The average molecular weight is 428 g/mol. The maximum atomic E-state index is 14.0. The highest BCUT2D eigenvalue weighted by Crippen LogP contribution is 2.18. The zero-order valence-corrected chi connectivity index (χ0v) is 18.7. The number of ether oxygens (including phenoxy) is 1. The van der Waals surface area contributed by atoms with Gasteiger partial charge in [-0.25, -0.2) is 9.18 Å². The van der Waals surface area contributed by atoms with Crippen molar-refractivity contribution in [1.82, 2.24) is 5.32 Å². The number of rotatable bonds is 14. The highest BCUT2D eigenvalue weighted by Gasteiger charge is 2.27. The summed E-state index contributed by atoms with van der Waals surface area (Å²) in [4.78, 5) is 24.7. The van der Waals surface area contributed by atoms with Gasteiger partial charge >= 0.3 is 5.97 Å². The van der Waals surface area contributed by atoms with E-state index in [1.165, 1.54) is 56.7 Å². The normalized spacial score (nSPS) is 12.1. The fraction of sp³-hybridized carbons (Fsp3) is 0.652. The zero-order chi connectivity index (χ0) is 21.6. The highest BCUT2D eigenvalue weighted by molar-refractivity contribution is 6.31. The van der Waals surface area contributed by atoms with Crippen LogP contribution in [0.5, 0.6) is 0 Å². The number of hydrogen-bond acceptors (Lipinski definition) is 3. The van der Waals surface area contributed by atoms with E-state index >= 15 is 0 Å². The summed E-state index contributed by atoms with van der Waals surface area (Å²) >= 11 is 5.73. The summed E-state index contributed by atoms with van der Waals surface area (Å²) in [5.74, 6) is -2.15. The van der Waals surface area contributed by atoms with Gasteiger partial charge in [0.2, 0.25) is 0 Å². The van der Waals surface area contributed by atoms with Crippen molar-refractivity contribution in [3.63, 3.8) is 0 Å². The van der Waals surface area contributed by atoms with Crippen LogP contribution in [0.2, 0.25) is 5.02 Å². The van der Waals surface area contributed by atoms with Crippen molar-refractivity contribution in [1.29, 1.82) is 0 Å². The lowest BCUT2D eigenvalue weighted by Crippen LogP contribution is -2.45. The molecule has 0 bridgehead atoms. The fourth-order valence-corrected chi connectivity index (χ4v) is 3.25. The van der Waals surface area contributed by atoms with E-state index in [1.807, 2.05) is 0 Å². The van der Waals surface area contributed by atoms with Crippen LogP contribution >= 0.6 is 11.6 Å². The molecule has 29 heavy (non-hydrogen) atoms. The third-order valence-corrected chi connectivity index (χ3v) is 5.19. The highest BCUT2D eigenvalue weighted by atomic mass is 35.5. The molecule has 0 saturated carbocycles. The Kier molecular flexibility index (Phi) is 12.6. The Hall–Kier alpha value is -1.62. The minimum absolute atomic E-state index is 0.133. The number of hydrogen-bond donors (Lipinski definition) is 1. The molecule has 0 aliphatic rings. The molecular weight excluding hydrogens is 393 g/mol. The summed E-state index contributed by atoms with van der Waals surface area (Å²) in [6.07, 6.45) is 10.6. The Bertz CT molecular complexity index is 637. The molecule has 0 radical (unpaired) electrons. The van der Waals surface area contributed by atoms with E-state index in [2.05, 4.69) is 12.2 Å². The van der Waals surface area contributed by atoms with Crippen LogP contribution in [-0.4, -0.2) is 24.5 Å². The predicted molar refractivity (Wildman–Crippen MR) is 116 cm³/mol. The second-order valence-corrected chi connectivity index (χ2v) is 8.20. The summed E-state index contributed by atoms with van der Waals surface area (Å²) in [6, 6.07) is 3.36. The van der Waals surface area contributed by atoms with Crippen molar-refractivity contribution in [2.75, 3.05) is 6.61 Å².